The molecule has 0 aromatic heterocycles. The van der Waals surface area contributed by atoms with Gasteiger partial charge in [0.2, 0.25) is 5.91 Å². The van der Waals surface area contributed by atoms with Crippen LogP contribution in [-0.2, 0) is 16.1 Å². The summed E-state index contributed by atoms with van der Waals surface area (Å²) in [5, 5.41) is 6.78. The second kappa shape index (κ2) is 15.3. The molecule has 1 aromatic rings. The topological polar surface area (TPSA) is 75.2 Å². The molecule has 2 rings (SSSR count). The van der Waals surface area contributed by atoms with E-state index in [1.807, 2.05) is 29.2 Å². The Morgan fingerprint density at radius 2 is 1.90 bits per heavy atom. The number of piperidine rings is 1. The first kappa shape index (κ1) is 27.5. The van der Waals surface area contributed by atoms with Gasteiger partial charge in [-0.25, -0.2) is 0 Å². The molecule has 0 saturated carbocycles. The molecule has 176 valence electrons. The lowest BCUT2D eigenvalue weighted by molar-refractivity contribution is -0.136. The second-order valence-corrected chi connectivity index (χ2v) is 7.62. The maximum Gasteiger partial charge on any atom is 0.225 e. The number of nitrogens with one attached hydrogen (secondary N) is 2. The summed E-state index contributed by atoms with van der Waals surface area (Å²) in [6, 6.07) is 8.20. The first-order chi connectivity index (χ1) is 14.6. The van der Waals surface area contributed by atoms with Crippen molar-refractivity contribution in [3.05, 3.63) is 29.8 Å². The molecule has 1 heterocycles. The number of guanidine groups is 1. The van der Waals surface area contributed by atoms with E-state index in [1.54, 1.807) is 14.2 Å². The van der Waals surface area contributed by atoms with E-state index in [0.717, 1.165) is 56.0 Å². The van der Waals surface area contributed by atoms with Crippen LogP contribution >= 0.6 is 24.0 Å². The first-order valence-electron chi connectivity index (χ1n) is 11.1. The number of ether oxygens (including phenoxy) is 2. The minimum Gasteiger partial charge on any atom is -0.496 e. The van der Waals surface area contributed by atoms with Gasteiger partial charge in [-0.1, -0.05) is 32.0 Å². The molecule has 1 fully saturated rings. The van der Waals surface area contributed by atoms with Crippen LogP contribution < -0.4 is 15.4 Å². The lowest BCUT2D eigenvalue weighted by Crippen LogP contribution is -2.51. The molecule has 1 aliphatic rings. The molecular formula is C23H39IN4O3. The van der Waals surface area contributed by atoms with Gasteiger partial charge in [0, 0.05) is 44.2 Å². The number of halogens is 1. The molecule has 0 radical (unpaired) electrons. The highest BCUT2D eigenvalue weighted by Gasteiger charge is 2.26. The van der Waals surface area contributed by atoms with Gasteiger partial charge in [0.1, 0.15) is 5.75 Å². The average molecular weight is 546 g/mol. The maximum atomic E-state index is 12.5. The maximum absolute atomic E-state index is 12.5. The van der Waals surface area contributed by atoms with Crippen molar-refractivity contribution in [2.75, 3.05) is 40.4 Å². The van der Waals surface area contributed by atoms with Gasteiger partial charge < -0.3 is 25.0 Å². The van der Waals surface area contributed by atoms with Crippen molar-refractivity contribution in [1.29, 1.82) is 0 Å². The molecule has 0 atom stereocenters. The highest BCUT2D eigenvalue weighted by atomic mass is 127. The van der Waals surface area contributed by atoms with Crippen molar-refractivity contribution in [2.24, 2.45) is 10.9 Å². The number of amides is 1. The highest BCUT2D eigenvalue weighted by Crippen LogP contribution is 2.18. The Balaban J connectivity index is 0.00000480. The van der Waals surface area contributed by atoms with Gasteiger partial charge in [-0.15, -0.1) is 24.0 Å². The van der Waals surface area contributed by atoms with Crippen LogP contribution in [0, 0.1) is 5.92 Å². The van der Waals surface area contributed by atoms with Crippen LogP contribution in [0.1, 0.15) is 45.1 Å². The van der Waals surface area contributed by atoms with Crippen LogP contribution in [0.3, 0.4) is 0 Å². The van der Waals surface area contributed by atoms with Crippen LogP contribution in [-0.4, -0.2) is 63.2 Å². The van der Waals surface area contributed by atoms with E-state index >= 15 is 0 Å². The summed E-state index contributed by atoms with van der Waals surface area (Å²) in [6.45, 7) is 7.56. The fraction of sp³-hybridized carbons (Fsp3) is 0.652. The van der Waals surface area contributed by atoms with Gasteiger partial charge in [-0.2, -0.15) is 0 Å². The number of benzene rings is 1. The number of para-hydroxylation sites is 1. The number of methoxy groups -OCH3 is 1. The third-order valence-electron chi connectivity index (χ3n) is 5.69. The van der Waals surface area contributed by atoms with Crippen LogP contribution in [0.15, 0.2) is 29.3 Å². The summed E-state index contributed by atoms with van der Waals surface area (Å²) in [5.41, 5.74) is 1.04. The predicted molar refractivity (Wildman–Crippen MR) is 136 cm³/mol. The number of aliphatic imine (C=N–C) groups is 1. The molecule has 31 heavy (non-hydrogen) atoms. The fourth-order valence-corrected chi connectivity index (χ4v) is 3.77. The van der Waals surface area contributed by atoms with Gasteiger partial charge in [-0.05, 0) is 31.7 Å². The molecule has 2 N–H and O–H groups in total. The van der Waals surface area contributed by atoms with E-state index in [4.69, 9.17) is 9.47 Å². The molecule has 0 unspecified atom stereocenters. The quantitative estimate of drug-likeness (QED) is 0.204. The summed E-state index contributed by atoms with van der Waals surface area (Å²) in [7, 11) is 3.44. The van der Waals surface area contributed by atoms with Gasteiger partial charge in [0.05, 0.1) is 20.3 Å². The Bertz CT molecular complexity index is 675. The van der Waals surface area contributed by atoms with Crippen molar-refractivity contribution in [3.8, 4) is 5.75 Å². The molecule has 0 spiro atoms. The van der Waals surface area contributed by atoms with E-state index in [-0.39, 0.29) is 29.9 Å². The summed E-state index contributed by atoms with van der Waals surface area (Å²) in [4.78, 5) is 18.9. The predicted octanol–water partition coefficient (Wildman–Crippen LogP) is 3.42. The number of carbonyl (C=O) groups is 1. The third kappa shape index (κ3) is 8.84. The van der Waals surface area contributed by atoms with Crippen molar-refractivity contribution in [3.63, 3.8) is 0 Å². The largest absolute Gasteiger partial charge is 0.496 e. The van der Waals surface area contributed by atoms with E-state index in [1.165, 1.54) is 0 Å². The van der Waals surface area contributed by atoms with E-state index in [9.17, 15) is 4.79 Å². The van der Waals surface area contributed by atoms with Crippen molar-refractivity contribution >= 4 is 35.8 Å². The normalized spacial score (nSPS) is 14.9. The fourth-order valence-electron chi connectivity index (χ4n) is 3.77. The first-order valence-corrected chi connectivity index (χ1v) is 11.1. The summed E-state index contributed by atoms with van der Waals surface area (Å²) in [6.07, 6.45) is 3.72. The molecule has 0 bridgehead atoms. The Hall–Kier alpha value is -1.55. The zero-order chi connectivity index (χ0) is 21.8. The van der Waals surface area contributed by atoms with Gasteiger partial charge in [0.15, 0.2) is 5.96 Å². The van der Waals surface area contributed by atoms with Crippen LogP contribution in [0.5, 0.6) is 5.75 Å². The summed E-state index contributed by atoms with van der Waals surface area (Å²) < 4.78 is 11.1. The Kier molecular flexibility index (Phi) is 13.6. The Morgan fingerprint density at radius 3 is 2.52 bits per heavy atom. The molecule has 1 amide bonds. The van der Waals surface area contributed by atoms with Gasteiger partial charge in [-0.3, -0.25) is 9.79 Å². The Labute approximate surface area is 204 Å². The number of carbonyl (C=O) groups excluding carboxylic acids is 1. The molecule has 0 aliphatic carbocycles. The summed E-state index contributed by atoms with van der Waals surface area (Å²) >= 11 is 0. The van der Waals surface area contributed by atoms with Crippen LogP contribution in [0.25, 0.3) is 0 Å². The number of hydrogen-bond acceptors (Lipinski definition) is 4. The minimum atomic E-state index is 0. The van der Waals surface area contributed by atoms with E-state index < -0.39 is 0 Å². The van der Waals surface area contributed by atoms with Crippen molar-refractivity contribution < 1.29 is 14.3 Å². The molecule has 8 heteroatoms. The van der Waals surface area contributed by atoms with Gasteiger partial charge >= 0.3 is 0 Å². The second-order valence-electron chi connectivity index (χ2n) is 7.62. The number of likely N-dealkylation sites (tertiary alicyclic amines) is 1. The van der Waals surface area contributed by atoms with E-state index in [2.05, 4.69) is 29.5 Å². The number of rotatable bonds is 10. The molecular weight excluding hydrogens is 507 g/mol. The summed E-state index contributed by atoms with van der Waals surface area (Å²) in [5.74, 6) is 2.10. The third-order valence-corrected chi connectivity index (χ3v) is 5.69. The zero-order valence-corrected chi connectivity index (χ0v) is 21.7. The SMILES string of the molecule is CCC(CC)C(=O)N1CCC(NC(=NC)NCCOCc2ccccc2OC)CC1.I. The van der Waals surface area contributed by atoms with Crippen LogP contribution in [0.2, 0.25) is 0 Å². The zero-order valence-electron chi connectivity index (χ0n) is 19.4. The molecule has 1 aromatic carbocycles. The molecule has 1 saturated heterocycles. The molecule has 1 aliphatic heterocycles. The smallest absolute Gasteiger partial charge is 0.225 e. The lowest BCUT2D eigenvalue weighted by Gasteiger charge is -2.34. The molecule has 7 nitrogen and oxygen atoms in total. The van der Waals surface area contributed by atoms with Crippen LogP contribution in [0.4, 0.5) is 0 Å². The van der Waals surface area contributed by atoms with E-state index in [0.29, 0.717) is 31.7 Å². The van der Waals surface area contributed by atoms with Crippen molar-refractivity contribution in [2.45, 2.75) is 52.2 Å². The number of nitrogens with zero attached hydrogens (tertiary/aromatic N) is 2. The number of hydrogen-bond donors (Lipinski definition) is 2. The Morgan fingerprint density at radius 1 is 1.23 bits per heavy atom. The van der Waals surface area contributed by atoms with Gasteiger partial charge in [0.25, 0.3) is 0 Å². The minimum absolute atomic E-state index is 0. The average Bonchev–Trinajstić information content (AvgIpc) is 2.79. The highest BCUT2D eigenvalue weighted by molar-refractivity contribution is 14.0. The monoisotopic (exact) mass is 546 g/mol. The van der Waals surface area contributed by atoms with Crippen molar-refractivity contribution in [1.82, 2.24) is 15.5 Å². The lowest BCUT2D eigenvalue weighted by atomic mass is 9.98. The standard InChI is InChI=1S/C23H38N4O3.HI/c1-5-18(6-2)22(28)27-14-11-20(12-15-27)26-23(24-3)25-13-16-30-17-19-9-7-8-10-21(19)29-4;/h7-10,18,20H,5-6,11-17H2,1-4H3,(H2,24,25,26);1H.